The third-order valence-electron chi connectivity index (χ3n) is 2.04. The molecule has 76 valence electrons. The van der Waals surface area contributed by atoms with Gasteiger partial charge in [-0.25, -0.2) is 4.39 Å². The molecule has 0 aromatic heterocycles. The molecule has 1 fully saturated rings. The van der Waals surface area contributed by atoms with Gasteiger partial charge >= 0.3 is 0 Å². The summed E-state index contributed by atoms with van der Waals surface area (Å²) in [5.74, 6) is -0.292. The minimum absolute atomic E-state index is 0.292. The fourth-order valence-corrected chi connectivity index (χ4v) is 1.74. The first-order valence-corrected chi connectivity index (χ1v) is 5.25. The summed E-state index contributed by atoms with van der Waals surface area (Å²) in [7, 11) is 0. The van der Waals surface area contributed by atoms with Crippen LogP contribution in [0.2, 0.25) is 0 Å². The lowest BCUT2D eigenvalue weighted by atomic mass is 10.2. The Balaban J connectivity index is 2.24. The van der Waals surface area contributed by atoms with Crippen LogP contribution in [0.3, 0.4) is 0 Å². The van der Waals surface area contributed by atoms with Crippen molar-refractivity contribution in [1.82, 2.24) is 0 Å². The van der Waals surface area contributed by atoms with Crippen LogP contribution in [0, 0.1) is 5.82 Å². The standard InChI is InChI=1S/C10H10BrFO2/c11-7-2-3-9(12)8(6-7)10-13-4-1-5-14-10/h2-3,6,10H,1,4-5H2. The lowest BCUT2D eigenvalue weighted by Gasteiger charge is -2.23. The highest BCUT2D eigenvalue weighted by Crippen LogP contribution is 2.27. The topological polar surface area (TPSA) is 18.5 Å². The van der Waals surface area contributed by atoms with E-state index < -0.39 is 6.29 Å². The van der Waals surface area contributed by atoms with Gasteiger partial charge < -0.3 is 9.47 Å². The quantitative estimate of drug-likeness (QED) is 0.773. The van der Waals surface area contributed by atoms with Crippen LogP contribution < -0.4 is 0 Å². The molecule has 14 heavy (non-hydrogen) atoms. The van der Waals surface area contributed by atoms with Gasteiger partial charge in [0, 0.05) is 10.0 Å². The molecule has 0 aliphatic carbocycles. The molecule has 1 aromatic carbocycles. The highest BCUT2D eigenvalue weighted by molar-refractivity contribution is 9.10. The van der Waals surface area contributed by atoms with Gasteiger partial charge in [-0.05, 0) is 24.6 Å². The molecular weight excluding hydrogens is 251 g/mol. The Bertz CT molecular complexity index is 324. The summed E-state index contributed by atoms with van der Waals surface area (Å²) in [4.78, 5) is 0. The molecular formula is C10H10BrFO2. The van der Waals surface area contributed by atoms with Crippen LogP contribution in [-0.4, -0.2) is 13.2 Å². The van der Waals surface area contributed by atoms with Gasteiger partial charge in [-0.15, -0.1) is 0 Å². The largest absolute Gasteiger partial charge is 0.348 e. The zero-order valence-electron chi connectivity index (χ0n) is 7.50. The van der Waals surface area contributed by atoms with E-state index in [1.54, 1.807) is 12.1 Å². The monoisotopic (exact) mass is 260 g/mol. The van der Waals surface area contributed by atoms with Crippen molar-refractivity contribution in [2.24, 2.45) is 0 Å². The van der Waals surface area contributed by atoms with E-state index in [1.807, 2.05) is 0 Å². The Morgan fingerprint density at radius 2 is 2.00 bits per heavy atom. The molecule has 0 unspecified atom stereocenters. The number of benzene rings is 1. The van der Waals surface area contributed by atoms with Crippen LogP contribution in [0.5, 0.6) is 0 Å². The molecule has 1 aliphatic heterocycles. The number of hydrogen-bond acceptors (Lipinski definition) is 2. The van der Waals surface area contributed by atoms with Crippen molar-refractivity contribution < 1.29 is 13.9 Å². The Labute approximate surface area is 90.1 Å². The second kappa shape index (κ2) is 4.38. The maximum atomic E-state index is 13.4. The number of halogens is 2. The molecule has 0 atom stereocenters. The van der Waals surface area contributed by atoms with E-state index in [1.165, 1.54) is 6.07 Å². The molecule has 2 rings (SSSR count). The van der Waals surface area contributed by atoms with E-state index in [9.17, 15) is 4.39 Å². The summed E-state index contributed by atoms with van der Waals surface area (Å²) in [5, 5.41) is 0. The zero-order chi connectivity index (χ0) is 9.97. The van der Waals surface area contributed by atoms with Gasteiger partial charge in [0.1, 0.15) is 5.82 Å². The lowest BCUT2D eigenvalue weighted by Crippen LogP contribution is -2.18. The highest BCUT2D eigenvalue weighted by Gasteiger charge is 2.20. The number of rotatable bonds is 1. The fraction of sp³-hybridized carbons (Fsp3) is 0.400. The molecule has 0 radical (unpaired) electrons. The molecule has 2 nitrogen and oxygen atoms in total. The maximum absolute atomic E-state index is 13.4. The summed E-state index contributed by atoms with van der Waals surface area (Å²) in [5.41, 5.74) is 0.457. The summed E-state index contributed by atoms with van der Waals surface area (Å²) in [6.07, 6.45) is 0.313. The van der Waals surface area contributed by atoms with E-state index in [2.05, 4.69) is 15.9 Å². The van der Waals surface area contributed by atoms with E-state index in [0.29, 0.717) is 18.8 Å². The van der Waals surface area contributed by atoms with Crippen molar-refractivity contribution in [2.45, 2.75) is 12.7 Å². The molecule has 4 heteroatoms. The normalized spacial score (nSPS) is 18.4. The molecule has 1 aromatic rings. The molecule has 0 spiro atoms. The van der Waals surface area contributed by atoms with Crippen LogP contribution >= 0.6 is 15.9 Å². The van der Waals surface area contributed by atoms with E-state index >= 15 is 0 Å². The first-order chi connectivity index (χ1) is 6.77. The van der Waals surface area contributed by atoms with Gasteiger partial charge in [-0.2, -0.15) is 0 Å². The summed E-state index contributed by atoms with van der Waals surface area (Å²) in [6, 6.07) is 4.74. The van der Waals surface area contributed by atoms with Crippen LogP contribution in [-0.2, 0) is 9.47 Å². The molecule has 1 heterocycles. The molecule has 0 saturated carbocycles. The fourth-order valence-electron chi connectivity index (χ4n) is 1.36. The van der Waals surface area contributed by atoms with Crippen molar-refractivity contribution in [3.8, 4) is 0 Å². The van der Waals surface area contributed by atoms with Crippen LogP contribution in [0.4, 0.5) is 4.39 Å². The molecule has 1 aliphatic rings. The molecule has 0 bridgehead atoms. The Morgan fingerprint density at radius 3 is 2.71 bits per heavy atom. The first kappa shape index (κ1) is 10.1. The maximum Gasteiger partial charge on any atom is 0.186 e. The average molecular weight is 261 g/mol. The van der Waals surface area contributed by atoms with Crippen molar-refractivity contribution >= 4 is 15.9 Å². The third-order valence-corrected chi connectivity index (χ3v) is 2.53. The predicted octanol–water partition coefficient (Wildman–Crippen LogP) is 3.02. The van der Waals surface area contributed by atoms with E-state index in [-0.39, 0.29) is 5.82 Å². The van der Waals surface area contributed by atoms with Gasteiger partial charge in [-0.3, -0.25) is 0 Å². The van der Waals surface area contributed by atoms with Gasteiger partial charge in [0.05, 0.1) is 13.2 Å². The van der Waals surface area contributed by atoms with Crippen LogP contribution in [0.15, 0.2) is 22.7 Å². The molecule has 0 amide bonds. The minimum atomic E-state index is -0.554. The van der Waals surface area contributed by atoms with Crippen molar-refractivity contribution in [1.29, 1.82) is 0 Å². The summed E-state index contributed by atoms with van der Waals surface area (Å²) >= 11 is 3.29. The van der Waals surface area contributed by atoms with Crippen LogP contribution in [0.25, 0.3) is 0 Å². The number of ether oxygens (including phenoxy) is 2. The van der Waals surface area contributed by atoms with E-state index in [4.69, 9.17) is 9.47 Å². The van der Waals surface area contributed by atoms with Crippen molar-refractivity contribution in [3.63, 3.8) is 0 Å². The van der Waals surface area contributed by atoms with Crippen LogP contribution in [0.1, 0.15) is 18.3 Å². The zero-order valence-corrected chi connectivity index (χ0v) is 9.09. The Hall–Kier alpha value is -0.450. The van der Waals surface area contributed by atoms with E-state index in [0.717, 1.165) is 10.9 Å². The van der Waals surface area contributed by atoms with Gasteiger partial charge in [-0.1, -0.05) is 15.9 Å². The Morgan fingerprint density at radius 1 is 1.29 bits per heavy atom. The second-order valence-corrected chi connectivity index (χ2v) is 4.01. The molecule has 0 N–H and O–H groups in total. The third kappa shape index (κ3) is 2.13. The van der Waals surface area contributed by atoms with Crippen molar-refractivity contribution in [2.75, 3.05) is 13.2 Å². The SMILES string of the molecule is Fc1ccc(Br)cc1C1OCCCO1. The van der Waals surface area contributed by atoms with Crippen molar-refractivity contribution in [3.05, 3.63) is 34.1 Å². The average Bonchev–Trinajstić information content (AvgIpc) is 2.23. The minimum Gasteiger partial charge on any atom is -0.348 e. The van der Waals surface area contributed by atoms with Gasteiger partial charge in [0.15, 0.2) is 6.29 Å². The second-order valence-electron chi connectivity index (χ2n) is 3.09. The summed E-state index contributed by atoms with van der Waals surface area (Å²) in [6.45, 7) is 1.24. The molecule has 1 saturated heterocycles. The Kier molecular flexibility index (Phi) is 3.15. The summed E-state index contributed by atoms with van der Waals surface area (Å²) < 4.78 is 24.8. The highest BCUT2D eigenvalue weighted by atomic mass is 79.9. The predicted molar refractivity (Wildman–Crippen MR) is 53.4 cm³/mol. The lowest BCUT2D eigenvalue weighted by molar-refractivity contribution is -0.184. The number of hydrogen-bond donors (Lipinski definition) is 0. The van der Waals surface area contributed by atoms with Gasteiger partial charge in [0.25, 0.3) is 0 Å². The smallest absolute Gasteiger partial charge is 0.186 e. The van der Waals surface area contributed by atoms with Gasteiger partial charge in [0.2, 0.25) is 0 Å². The first-order valence-electron chi connectivity index (χ1n) is 4.45.